The maximum atomic E-state index is 13.8. The summed E-state index contributed by atoms with van der Waals surface area (Å²) in [6.45, 7) is 0.322. The second-order valence-electron chi connectivity index (χ2n) is 5.69. The number of hydrogen-bond acceptors (Lipinski definition) is 2. The molecule has 1 N–H and O–H groups in total. The van der Waals surface area contributed by atoms with Crippen molar-refractivity contribution >= 4 is 34.2 Å². The Hall–Kier alpha value is -1.68. The Morgan fingerprint density at radius 3 is 2.44 bits per heavy atom. The van der Waals surface area contributed by atoms with Crippen LogP contribution < -0.4 is 5.32 Å². The fraction of sp³-hybridized carbons (Fsp3) is 0.235. The summed E-state index contributed by atoms with van der Waals surface area (Å²) < 4.78 is 53.4. The average Bonchev–Trinajstić information content (AvgIpc) is 2.49. The summed E-state index contributed by atoms with van der Waals surface area (Å²) in [5, 5.41) is 2.40. The molecule has 2 aromatic carbocycles. The normalized spacial score (nSPS) is 11.7. The molecule has 0 bridgehead atoms. The van der Waals surface area contributed by atoms with Crippen LogP contribution in [0.3, 0.4) is 0 Å². The molecular weight excluding hydrogens is 451 g/mol. The summed E-state index contributed by atoms with van der Waals surface area (Å²) in [6.07, 6.45) is -4.54. The predicted octanol–water partition coefficient (Wildman–Crippen LogP) is 4.76. The molecule has 0 saturated heterocycles. The fourth-order valence-corrected chi connectivity index (χ4v) is 2.70. The van der Waals surface area contributed by atoms with Gasteiger partial charge in [0.25, 0.3) is 5.91 Å². The van der Waals surface area contributed by atoms with Crippen molar-refractivity contribution in [3.8, 4) is 0 Å². The summed E-state index contributed by atoms with van der Waals surface area (Å²) >= 11 is 1.92. The quantitative estimate of drug-likeness (QED) is 0.521. The van der Waals surface area contributed by atoms with Gasteiger partial charge in [0, 0.05) is 15.8 Å². The summed E-state index contributed by atoms with van der Waals surface area (Å²) in [6, 6.07) is 7.11. The van der Waals surface area contributed by atoms with Crippen LogP contribution in [0, 0.1) is 9.39 Å². The molecule has 25 heavy (non-hydrogen) atoms. The van der Waals surface area contributed by atoms with Crippen LogP contribution >= 0.6 is 22.6 Å². The summed E-state index contributed by atoms with van der Waals surface area (Å²) in [7, 11) is 3.50. The van der Waals surface area contributed by atoms with Crippen molar-refractivity contribution < 1.29 is 22.4 Å². The number of rotatable bonds is 4. The smallest absolute Gasteiger partial charge is 0.322 e. The number of halogens is 5. The Labute approximate surface area is 156 Å². The highest BCUT2D eigenvalue weighted by Crippen LogP contribution is 2.32. The third-order valence-corrected chi connectivity index (χ3v) is 4.02. The highest BCUT2D eigenvalue weighted by atomic mass is 127. The molecule has 0 spiro atoms. The lowest BCUT2D eigenvalue weighted by molar-refractivity contribution is -0.137. The molecule has 0 radical (unpaired) electrons. The zero-order chi connectivity index (χ0) is 18.8. The predicted molar refractivity (Wildman–Crippen MR) is 95.9 cm³/mol. The van der Waals surface area contributed by atoms with E-state index in [2.05, 4.69) is 5.32 Å². The van der Waals surface area contributed by atoms with Crippen LogP contribution in [0.25, 0.3) is 0 Å². The molecule has 3 nitrogen and oxygen atoms in total. The lowest BCUT2D eigenvalue weighted by atomic mass is 10.1. The first kappa shape index (κ1) is 19.6. The van der Waals surface area contributed by atoms with Crippen molar-refractivity contribution in [3.05, 3.63) is 62.5 Å². The third kappa shape index (κ3) is 5.15. The molecule has 0 saturated carbocycles. The Bertz CT molecular complexity index is 791. The van der Waals surface area contributed by atoms with E-state index in [9.17, 15) is 22.4 Å². The number of hydrogen-bond donors (Lipinski definition) is 1. The molecular formula is C17H15F4IN2O. The number of carbonyl (C=O) groups is 1. The van der Waals surface area contributed by atoms with Crippen LogP contribution in [-0.2, 0) is 12.7 Å². The van der Waals surface area contributed by atoms with Crippen molar-refractivity contribution in [2.24, 2.45) is 0 Å². The molecule has 134 valence electrons. The van der Waals surface area contributed by atoms with Crippen LogP contribution in [0.15, 0.2) is 36.4 Å². The van der Waals surface area contributed by atoms with Crippen LogP contribution in [0.4, 0.5) is 23.2 Å². The van der Waals surface area contributed by atoms with Crippen molar-refractivity contribution in [2.45, 2.75) is 12.7 Å². The van der Waals surface area contributed by atoms with Crippen molar-refractivity contribution in [2.75, 3.05) is 19.4 Å². The Balaban J connectivity index is 2.41. The number of benzene rings is 2. The lowest BCUT2D eigenvalue weighted by Crippen LogP contribution is -2.19. The molecule has 1 amide bonds. The van der Waals surface area contributed by atoms with Gasteiger partial charge >= 0.3 is 6.18 Å². The number of amides is 1. The van der Waals surface area contributed by atoms with Gasteiger partial charge in [0.05, 0.1) is 11.1 Å². The van der Waals surface area contributed by atoms with E-state index in [1.54, 1.807) is 19.0 Å². The van der Waals surface area contributed by atoms with Crippen molar-refractivity contribution in [1.82, 2.24) is 4.90 Å². The molecule has 2 rings (SSSR count). The standard InChI is InChI=1S/C17H15F4IN2O/c1-24(2)9-10-3-4-11(17(19,20)21)7-15(10)23-16(25)13-8-12(22)5-6-14(13)18/h3-8H,9H2,1-2H3,(H,23,25). The largest absolute Gasteiger partial charge is 0.416 e. The Morgan fingerprint density at radius 2 is 1.84 bits per heavy atom. The lowest BCUT2D eigenvalue weighted by Gasteiger charge is -2.17. The van der Waals surface area contributed by atoms with Gasteiger partial charge in [-0.25, -0.2) is 4.39 Å². The molecule has 0 aliphatic carbocycles. The number of anilines is 1. The van der Waals surface area contributed by atoms with E-state index >= 15 is 0 Å². The van der Waals surface area contributed by atoms with E-state index in [0.29, 0.717) is 15.7 Å². The maximum absolute atomic E-state index is 13.8. The topological polar surface area (TPSA) is 32.3 Å². The fourth-order valence-electron chi connectivity index (χ4n) is 2.21. The van der Waals surface area contributed by atoms with Crippen LogP contribution in [0.2, 0.25) is 0 Å². The van der Waals surface area contributed by atoms with Gasteiger partial charge in [-0.3, -0.25) is 4.79 Å². The monoisotopic (exact) mass is 466 g/mol. The zero-order valence-corrected chi connectivity index (χ0v) is 15.6. The van der Waals surface area contributed by atoms with Gasteiger partial charge in [-0.2, -0.15) is 13.2 Å². The van der Waals surface area contributed by atoms with E-state index in [1.807, 2.05) is 22.6 Å². The molecule has 2 aromatic rings. The number of carbonyl (C=O) groups excluding carboxylic acids is 1. The molecule has 0 heterocycles. The van der Waals surface area contributed by atoms with Crippen molar-refractivity contribution in [1.29, 1.82) is 0 Å². The minimum atomic E-state index is -4.54. The van der Waals surface area contributed by atoms with Gasteiger partial charge in [0.1, 0.15) is 5.82 Å². The third-order valence-electron chi connectivity index (χ3n) is 3.34. The van der Waals surface area contributed by atoms with Crippen LogP contribution in [-0.4, -0.2) is 24.9 Å². The van der Waals surface area contributed by atoms with E-state index in [4.69, 9.17) is 0 Å². The van der Waals surface area contributed by atoms with Crippen LogP contribution in [0.5, 0.6) is 0 Å². The summed E-state index contributed by atoms with van der Waals surface area (Å²) in [5.74, 6) is -1.53. The first-order chi connectivity index (χ1) is 11.6. The summed E-state index contributed by atoms with van der Waals surface area (Å²) in [4.78, 5) is 14.1. The van der Waals surface area contributed by atoms with Crippen molar-refractivity contribution in [3.63, 3.8) is 0 Å². The second-order valence-corrected chi connectivity index (χ2v) is 6.93. The van der Waals surface area contributed by atoms with Gasteiger partial charge in [-0.1, -0.05) is 6.07 Å². The van der Waals surface area contributed by atoms with Gasteiger partial charge in [0.15, 0.2) is 0 Å². The zero-order valence-electron chi connectivity index (χ0n) is 13.4. The molecule has 0 aromatic heterocycles. The van der Waals surface area contributed by atoms with E-state index in [0.717, 1.165) is 18.2 Å². The molecule has 0 aliphatic rings. The highest BCUT2D eigenvalue weighted by Gasteiger charge is 2.31. The van der Waals surface area contributed by atoms with Gasteiger partial charge < -0.3 is 10.2 Å². The van der Waals surface area contributed by atoms with Gasteiger partial charge in [-0.05, 0) is 72.6 Å². The van der Waals surface area contributed by atoms with E-state index < -0.39 is 23.5 Å². The van der Waals surface area contributed by atoms with E-state index in [-0.39, 0.29) is 11.3 Å². The minimum absolute atomic E-state index is 0.00628. The molecule has 0 fully saturated rings. The molecule has 8 heteroatoms. The molecule has 0 aliphatic heterocycles. The number of nitrogens with zero attached hydrogens (tertiary/aromatic N) is 1. The molecule has 0 unspecified atom stereocenters. The Kier molecular flexibility index (Phi) is 6.04. The average molecular weight is 466 g/mol. The van der Waals surface area contributed by atoms with E-state index in [1.165, 1.54) is 18.2 Å². The maximum Gasteiger partial charge on any atom is 0.416 e. The molecule has 0 atom stereocenters. The van der Waals surface area contributed by atoms with Gasteiger partial charge in [0.2, 0.25) is 0 Å². The summed E-state index contributed by atoms with van der Waals surface area (Å²) in [5.41, 5.74) is -0.599. The minimum Gasteiger partial charge on any atom is -0.322 e. The van der Waals surface area contributed by atoms with Gasteiger partial charge in [-0.15, -0.1) is 0 Å². The first-order valence-corrected chi connectivity index (χ1v) is 8.27. The Morgan fingerprint density at radius 1 is 1.16 bits per heavy atom. The van der Waals surface area contributed by atoms with Crippen LogP contribution in [0.1, 0.15) is 21.5 Å². The number of nitrogens with one attached hydrogen (secondary N) is 1. The SMILES string of the molecule is CN(C)Cc1ccc(C(F)(F)F)cc1NC(=O)c1cc(I)ccc1F. The number of alkyl halides is 3. The second kappa shape index (κ2) is 7.69. The first-order valence-electron chi connectivity index (χ1n) is 7.19. The highest BCUT2D eigenvalue weighted by molar-refractivity contribution is 14.1.